The van der Waals surface area contributed by atoms with E-state index < -0.39 is 0 Å². The standard InChI is InChI=1S/C20H16N6O/c1-13-23-19(18-12-22-26(2)20(18)24-13)25-15-5-9-17(10-6-15)27-16-7-3-14(11-21)4-8-16/h3-10,12H,1-2H3,(H,23,24,25). The van der Waals surface area contributed by atoms with Gasteiger partial charge in [-0.05, 0) is 55.5 Å². The largest absolute Gasteiger partial charge is 0.457 e. The van der Waals surface area contributed by atoms with Gasteiger partial charge in [0.05, 0.1) is 23.2 Å². The molecule has 7 heteroatoms. The summed E-state index contributed by atoms with van der Waals surface area (Å²) in [5.74, 6) is 2.77. The molecule has 0 aliphatic rings. The first-order valence-corrected chi connectivity index (χ1v) is 8.34. The molecule has 2 aromatic carbocycles. The number of benzene rings is 2. The molecular formula is C20H16N6O. The highest BCUT2D eigenvalue weighted by molar-refractivity contribution is 5.88. The molecule has 4 rings (SSSR count). The Morgan fingerprint density at radius 2 is 1.67 bits per heavy atom. The Kier molecular flexibility index (Phi) is 4.15. The lowest BCUT2D eigenvalue weighted by molar-refractivity contribution is 0.483. The SMILES string of the molecule is Cc1nc(Nc2ccc(Oc3ccc(C#N)cc3)cc2)c2cnn(C)c2n1. The molecule has 0 spiro atoms. The average Bonchev–Trinajstić information content (AvgIpc) is 3.05. The molecule has 2 aromatic heterocycles. The summed E-state index contributed by atoms with van der Waals surface area (Å²) in [6.07, 6.45) is 1.75. The zero-order chi connectivity index (χ0) is 18.8. The summed E-state index contributed by atoms with van der Waals surface area (Å²) in [6, 6.07) is 16.6. The van der Waals surface area contributed by atoms with E-state index in [0.717, 1.165) is 16.7 Å². The van der Waals surface area contributed by atoms with Crippen LogP contribution in [-0.2, 0) is 7.05 Å². The highest BCUT2D eigenvalue weighted by Gasteiger charge is 2.10. The minimum absolute atomic E-state index is 0.601. The Balaban J connectivity index is 1.53. The second-order valence-electron chi connectivity index (χ2n) is 6.01. The molecule has 0 fully saturated rings. The van der Waals surface area contributed by atoms with Crippen molar-refractivity contribution in [2.24, 2.45) is 7.05 Å². The summed E-state index contributed by atoms with van der Waals surface area (Å²) in [4.78, 5) is 8.90. The Hall–Kier alpha value is -3.92. The van der Waals surface area contributed by atoms with Crippen molar-refractivity contribution < 1.29 is 4.74 Å². The van der Waals surface area contributed by atoms with Crippen LogP contribution in [0, 0.1) is 18.3 Å². The van der Waals surface area contributed by atoms with Crippen LogP contribution in [0.1, 0.15) is 11.4 Å². The third-order valence-electron chi connectivity index (χ3n) is 4.04. The van der Waals surface area contributed by atoms with Gasteiger partial charge in [-0.25, -0.2) is 9.97 Å². The fraction of sp³-hybridized carbons (Fsp3) is 0.100. The number of aromatic nitrogens is 4. The van der Waals surface area contributed by atoms with Crippen LogP contribution >= 0.6 is 0 Å². The van der Waals surface area contributed by atoms with Crippen molar-refractivity contribution in [3.8, 4) is 17.6 Å². The van der Waals surface area contributed by atoms with Crippen LogP contribution < -0.4 is 10.1 Å². The van der Waals surface area contributed by atoms with E-state index in [-0.39, 0.29) is 0 Å². The molecule has 0 saturated carbocycles. The molecule has 0 atom stereocenters. The van der Waals surface area contributed by atoms with E-state index in [9.17, 15) is 0 Å². The zero-order valence-corrected chi connectivity index (χ0v) is 14.8. The molecule has 27 heavy (non-hydrogen) atoms. The Bertz CT molecular complexity index is 1140. The minimum atomic E-state index is 0.601. The van der Waals surface area contributed by atoms with Crippen LogP contribution in [0.25, 0.3) is 11.0 Å². The van der Waals surface area contributed by atoms with Crippen LogP contribution in [-0.4, -0.2) is 19.7 Å². The summed E-state index contributed by atoms with van der Waals surface area (Å²) in [5, 5.41) is 17.3. The fourth-order valence-electron chi connectivity index (χ4n) is 2.70. The molecule has 0 aliphatic heterocycles. The van der Waals surface area contributed by atoms with Gasteiger partial charge in [0.2, 0.25) is 0 Å². The van der Waals surface area contributed by atoms with Crippen molar-refractivity contribution >= 4 is 22.5 Å². The summed E-state index contributed by atoms with van der Waals surface area (Å²) >= 11 is 0. The van der Waals surface area contributed by atoms with Crippen LogP contribution in [0.3, 0.4) is 0 Å². The minimum Gasteiger partial charge on any atom is -0.457 e. The molecule has 0 unspecified atom stereocenters. The number of ether oxygens (including phenoxy) is 1. The van der Waals surface area contributed by atoms with Crippen molar-refractivity contribution in [3.63, 3.8) is 0 Å². The smallest absolute Gasteiger partial charge is 0.163 e. The first kappa shape index (κ1) is 16.5. The van der Waals surface area contributed by atoms with Gasteiger partial charge in [0.15, 0.2) is 5.65 Å². The predicted octanol–water partition coefficient (Wildman–Crippen LogP) is 4.08. The maximum absolute atomic E-state index is 8.84. The maximum atomic E-state index is 8.84. The molecule has 1 N–H and O–H groups in total. The van der Waals surface area contributed by atoms with E-state index in [4.69, 9.17) is 10.00 Å². The third kappa shape index (κ3) is 3.41. The number of nitriles is 1. The number of anilines is 2. The molecule has 2 heterocycles. The van der Waals surface area contributed by atoms with Gasteiger partial charge in [0.25, 0.3) is 0 Å². The van der Waals surface area contributed by atoms with E-state index in [1.165, 1.54) is 0 Å². The molecule has 132 valence electrons. The topological polar surface area (TPSA) is 88.7 Å². The molecule has 0 amide bonds. The highest BCUT2D eigenvalue weighted by Crippen LogP contribution is 2.26. The quantitative estimate of drug-likeness (QED) is 0.593. The van der Waals surface area contributed by atoms with Crippen LogP contribution in [0.5, 0.6) is 11.5 Å². The number of nitrogens with one attached hydrogen (secondary N) is 1. The predicted molar refractivity (Wildman–Crippen MR) is 102 cm³/mol. The van der Waals surface area contributed by atoms with Crippen molar-refractivity contribution in [3.05, 3.63) is 66.1 Å². The van der Waals surface area contributed by atoms with Gasteiger partial charge < -0.3 is 10.1 Å². The summed E-state index contributed by atoms with van der Waals surface area (Å²) < 4.78 is 7.53. The zero-order valence-electron chi connectivity index (χ0n) is 14.8. The van der Waals surface area contributed by atoms with Gasteiger partial charge in [-0.15, -0.1) is 0 Å². The van der Waals surface area contributed by atoms with E-state index in [1.807, 2.05) is 38.2 Å². The first-order chi connectivity index (χ1) is 13.1. The molecule has 0 saturated heterocycles. The third-order valence-corrected chi connectivity index (χ3v) is 4.04. The number of hydrogen-bond acceptors (Lipinski definition) is 6. The van der Waals surface area contributed by atoms with Gasteiger partial charge in [-0.1, -0.05) is 0 Å². The Labute approximate surface area is 155 Å². The van der Waals surface area contributed by atoms with E-state index in [1.54, 1.807) is 35.1 Å². The van der Waals surface area contributed by atoms with Crippen LogP contribution in [0.2, 0.25) is 0 Å². The van der Waals surface area contributed by atoms with Crippen molar-refractivity contribution in [1.82, 2.24) is 19.7 Å². The second kappa shape index (κ2) is 6.77. The highest BCUT2D eigenvalue weighted by atomic mass is 16.5. The summed E-state index contributed by atoms with van der Waals surface area (Å²) in [6.45, 7) is 1.85. The van der Waals surface area contributed by atoms with Gasteiger partial charge in [-0.2, -0.15) is 10.4 Å². The number of aryl methyl sites for hydroxylation is 2. The summed E-state index contributed by atoms with van der Waals surface area (Å²) in [7, 11) is 1.86. The van der Waals surface area contributed by atoms with Crippen LogP contribution in [0.15, 0.2) is 54.7 Å². The molecule has 7 nitrogen and oxygen atoms in total. The first-order valence-electron chi connectivity index (χ1n) is 8.34. The fourth-order valence-corrected chi connectivity index (χ4v) is 2.70. The molecular weight excluding hydrogens is 340 g/mol. The van der Waals surface area contributed by atoms with E-state index >= 15 is 0 Å². The monoisotopic (exact) mass is 356 g/mol. The number of nitrogens with zero attached hydrogens (tertiary/aromatic N) is 5. The van der Waals surface area contributed by atoms with Gasteiger partial charge in [0.1, 0.15) is 23.1 Å². The Morgan fingerprint density at radius 1 is 1.00 bits per heavy atom. The normalized spacial score (nSPS) is 10.6. The molecule has 0 radical (unpaired) electrons. The Morgan fingerprint density at radius 3 is 2.33 bits per heavy atom. The van der Waals surface area contributed by atoms with Crippen molar-refractivity contribution in [2.75, 3.05) is 5.32 Å². The lowest BCUT2D eigenvalue weighted by Gasteiger charge is -2.09. The number of fused-ring (bicyclic) bond motifs is 1. The lowest BCUT2D eigenvalue weighted by Crippen LogP contribution is -2.00. The second-order valence-corrected chi connectivity index (χ2v) is 6.01. The average molecular weight is 356 g/mol. The van der Waals surface area contributed by atoms with Gasteiger partial charge in [-0.3, -0.25) is 4.68 Å². The van der Waals surface area contributed by atoms with Gasteiger partial charge >= 0.3 is 0 Å². The van der Waals surface area contributed by atoms with E-state index in [2.05, 4.69) is 26.5 Å². The lowest BCUT2D eigenvalue weighted by atomic mass is 10.2. The maximum Gasteiger partial charge on any atom is 0.163 e. The number of hydrogen-bond donors (Lipinski definition) is 1. The van der Waals surface area contributed by atoms with Crippen molar-refractivity contribution in [1.29, 1.82) is 5.26 Å². The molecule has 4 aromatic rings. The van der Waals surface area contributed by atoms with E-state index in [0.29, 0.717) is 28.7 Å². The van der Waals surface area contributed by atoms with Crippen molar-refractivity contribution in [2.45, 2.75) is 6.92 Å². The van der Waals surface area contributed by atoms with Gasteiger partial charge in [0, 0.05) is 12.7 Å². The summed E-state index contributed by atoms with van der Waals surface area (Å²) in [5.41, 5.74) is 2.26. The van der Waals surface area contributed by atoms with Crippen LogP contribution in [0.4, 0.5) is 11.5 Å². The molecule has 0 aliphatic carbocycles. The number of rotatable bonds is 4. The molecule has 0 bridgehead atoms.